The molecule has 6 nitrogen and oxygen atoms in total. The Labute approximate surface area is 142 Å². The third-order valence-corrected chi connectivity index (χ3v) is 3.92. The Morgan fingerprint density at radius 2 is 1.96 bits per heavy atom. The summed E-state index contributed by atoms with van der Waals surface area (Å²) in [5.74, 6) is 0.624. The number of aromatic nitrogens is 2. The highest BCUT2D eigenvalue weighted by atomic mass is 16.2. The maximum absolute atomic E-state index is 12.2. The topological polar surface area (TPSA) is 76.0 Å². The first-order chi connectivity index (χ1) is 11.6. The SMILES string of the molecule is CCCCNC(=O)Cn1c(C(C)NC(=O)CC)nc2ccccc21. The van der Waals surface area contributed by atoms with E-state index in [1.54, 1.807) is 0 Å². The molecule has 1 aromatic carbocycles. The van der Waals surface area contributed by atoms with E-state index >= 15 is 0 Å². The Balaban J connectivity index is 2.26. The number of nitrogens with zero attached hydrogens (tertiary/aromatic N) is 2. The summed E-state index contributed by atoms with van der Waals surface area (Å²) in [7, 11) is 0. The second-order valence-corrected chi connectivity index (χ2v) is 5.89. The van der Waals surface area contributed by atoms with E-state index in [1.165, 1.54) is 0 Å². The summed E-state index contributed by atoms with van der Waals surface area (Å²) in [6.07, 6.45) is 2.42. The van der Waals surface area contributed by atoms with E-state index in [4.69, 9.17) is 0 Å². The number of benzene rings is 1. The summed E-state index contributed by atoms with van der Waals surface area (Å²) < 4.78 is 1.89. The average Bonchev–Trinajstić information content (AvgIpc) is 2.94. The first-order valence-corrected chi connectivity index (χ1v) is 8.58. The molecule has 0 saturated heterocycles. The molecule has 1 atom stereocenters. The van der Waals surface area contributed by atoms with Gasteiger partial charge in [-0.2, -0.15) is 0 Å². The second kappa shape index (κ2) is 8.47. The van der Waals surface area contributed by atoms with Gasteiger partial charge in [-0.1, -0.05) is 32.4 Å². The van der Waals surface area contributed by atoms with E-state index < -0.39 is 0 Å². The van der Waals surface area contributed by atoms with Crippen LogP contribution in [-0.2, 0) is 16.1 Å². The van der Waals surface area contributed by atoms with Gasteiger partial charge >= 0.3 is 0 Å². The molecule has 0 spiro atoms. The molecule has 0 fully saturated rings. The molecule has 1 heterocycles. The zero-order valence-corrected chi connectivity index (χ0v) is 14.6. The summed E-state index contributed by atoms with van der Waals surface area (Å²) >= 11 is 0. The van der Waals surface area contributed by atoms with Crippen molar-refractivity contribution >= 4 is 22.8 Å². The summed E-state index contributed by atoms with van der Waals surface area (Å²) in [6.45, 7) is 6.67. The maximum atomic E-state index is 12.2. The summed E-state index contributed by atoms with van der Waals surface area (Å²) in [5, 5.41) is 5.85. The van der Waals surface area contributed by atoms with Gasteiger partial charge in [0.2, 0.25) is 11.8 Å². The predicted molar refractivity (Wildman–Crippen MR) is 94.5 cm³/mol. The van der Waals surface area contributed by atoms with Crippen molar-refractivity contribution in [1.82, 2.24) is 20.2 Å². The molecule has 2 rings (SSSR count). The van der Waals surface area contributed by atoms with Crippen molar-refractivity contribution in [3.05, 3.63) is 30.1 Å². The van der Waals surface area contributed by atoms with Crippen molar-refractivity contribution < 1.29 is 9.59 Å². The molecule has 0 aliphatic carbocycles. The minimum Gasteiger partial charge on any atom is -0.355 e. The Bertz CT molecular complexity index is 708. The molecule has 1 unspecified atom stereocenters. The number of rotatable bonds is 8. The highest BCUT2D eigenvalue weighted by molar-refractivity contribution is 5.81. The van der Waals surface area contributed by atoms with Crippen LogP contribution < -0.4 is 10.6 Å². The summed E-state index contributed by atoms with van der Waals surface area (Å²) in [5.41, 5.74) is 1.72. The molecule has 0 aliphatic heterocycles. The number of para-hydroxylation sites is 2. The highest BCUT2D eigenvalue weighted by Crippen LogP contribution is 2.20. The van der Waals surface area contributed by atoms with E-state index in [2.05, 4.69) is 22.5 Å². The van der Waals surface area contributed by atoms with Crippen LogP contribution >= 0.6 is 0 Å². The average molecular weight is 330 g/mol. The molecule has 1 aromatic heterocycles. The molecular formula is C18H26N4O2. The fourth-order valence-corrected chi connectivity index (χ4v) is 2.60. The lowest BCUT2D eigenvalue weighted by molar-refractivity contribution is -0.121. The zero-order valence-electron chi connectivity index (χ0n) is 14.6. The van der Waals surface area contributed by atoms with Gasteiger partial charge in [-0.3, -0.25) is 9.59 Å². The highest BCUT2D eigenvalue weighted by Gasteiger charge is 2.19. The number of amides is 2. The Kier molecular flexibility index (Phi) is 6.35. The third-order valence-electron chi connectivity index (χ3n) is 3.92. The number of hydrogen-bond acceptors (Lipinski definition) is 3. The van der Waals surface area contributed by atoms with E-state index in [1.807, 2.05) is 42.7 Å². The van der Waals surface area contributed by atoms with Gasteiger partial charge in [-0.25, -0.2) is 4.98 Å². The van der Waals surface area contributed by atoms with Crippen molar-refractivity contribution in [3.63, 3.8) is 0 Å². The van der Waals surface area contributed by atoms with Crippen molar-refractivity contribution in [2.75, 3.05) is 6.54 Å². The lowest BCUT2D eigenvalue weighted by Crippen LogP contribution is -2.32. The third kappa shape index (κ3) is 4.34. The fourth-order valence-electron chi connectivity index (χ4n) is 2.60. The largest absolute Gasteiger partial charge is 0.355 e. The zero-order chi connectivity index (χ0) is 17.5. The first-order valence-electron chi connectivity index (χ1n) is 8.58. The van der Waals surface area contributed by atoms with Crippen LogP contribution in [0.3, 0.4) is 0 Å². The number of imidazole rings is 1. The minimum absolute atomic E-state index is 0.0338. The van der Waals surface area contributed by atoms with Crippen LogP contribution in [0.15, 0.2) is 24.3 Å². The van der Waals surface area contributed by atoms with Crippen LogP contribution in [0.4, 0.5) is 0 Å². The van der Waals surface area contributed by atoms with E-state index in [0.29, 0.717) is 18.8 Å². The van der Waals surface area contributed by atoms with E-state index in [0.717, 1.165) is 23.9 Å². The Hall–Kier alpha value is -2.37. The van der Waals surface area contributed by atoms with Gasteiger partial charge in [0.1, 0.15) is 12.4 Å². The van der Waals surface area contributed by atoms with Crippen LogP contribution in [0.2, 0.25) is 0 Å². The van der Waals surface area contributed by atoms with Crippen LogP contribution in [0.5, 0.6) is 0 Å². The van der Waals surface area contributed by atoms with Crippen LogP contribution in [-0.4, -0.2) is 27.9 Å². The van der Waals surface area contributed by atoms with Gasteiger partial charge in [0.05, 0.1) is 17.1 Å². The number of carbonyl (C=O) groups excluding carboxylic acids is 2. The van der Waals surface area contributed by atoms with Gasteiger partial charge in [0, 0.05) is 13.0 Å². The number of fused-ring (bicyclic) bond motifs is 1. The monoisotopic (exact) mass is 330 g/mol. The molecule has 0 radical (unpaired) electrons. The molecule has 24 heavy (non-hydrogen) atoms. The molecule has 130 valence electrons. The molecule has 2 aromatic rings. The number of hydrogen-bond donors (Lipinski definition) is 2. The van der Waals surface area contributed by atoms with Gasteiger partial charge < -0.3 is 15.2 Å². The molecular weight excluding hydrogens is 304 g/mol. The smallest absolute Gasteiger partial charge is 0.240 e. The van der Waals surface area contributed by atoms with Crippen molar-refractivity contribution in [1.29, 1.82) is 0 Å². The van der Waals surface area contributed by atoms with Gasteiger partial charge in [0.25, 0.3) is 0 Å². The Morgan fingerprint density at radius 1 is 1.21 bits per heavy atom. The molecule has 2 N–H and O–H groups in total. The second-order valence-electron chi connectivity index (χ2n) is 5.89. The number of carbonyl (C=O) groups is 2. The Morgan fingerprint density at radius 3 is 2.67 bits per heavy atom. The lowest BCUT2D eigenvalue weighted by Gasteiger charge is -2.16. The minimum atomic E-state index is -0.256. The van der Waals surface area contributed by atoms with Gasteiger partial charge in [0.15, 0.2) is 0 Å². The van der Waals surface area contributed by atoms with Crippen molar-refractivity contribution in [2.45, 2.75) is 52.6 Å². The van der Waals surface area contributed by atoms with Crippen molar-refractivity contribution in [2.24, 2.45) is 0 Å². The van der Waals surface area contributed by atoms with Crippen LogP contribution in [0, 0.1) is 0 Å². The molecule has 0 aliphatic rings. The predicted octanol–water partition coefficient (Wildman–Crippen LogP) is 2.54. The number of unbranched alkanes of at least 4 members (excludes halogenated alkanes) is 1. The van der Waals surface area contributed by atoms with E-state index in [-0.39, 0.29) is 24.4 Å². The normalized spacial score (nSPS) is 12.1. The molecule has 6 heteroatoms. The van der Waals surface area contributed by atoms with E-state index in [9.17, 15) is 9.59 Å². The van der Waals surface area contributed by atoms with Gasteiger partial charge in [-0.05, 0) is 25.5 Å². The molecule has 0 bridgehead atoms. The van der Waals surface area contributed by atoms with Crippen molar-refractivity contribution in [3.8, 4) is 0 Å². The van der Waals surface area contributed by atoms with Crippen LogP contribution in [0.1, 0.15) is 51.9 Å². The molecule has 0 saturated carbocycles. The first kappa shape index (κ1) is 18.0. The maximum Gasteiger partial charge on any atom is 0.240 e. The quantitative estimate of drug-likeness (QED) is 0.730. The van der Waals surface area contributed by atoms with Crippen LogP contribution in [0.25, 0.3) is 11.0 Å². The lowest BCUT2D eigenvalue weighted by atomic mass is 10.3. The van der Waals surface area contributed by atoms with Gasteiger partial charge in [-0.15, -0.1) is 0 Å². The fraction of sp³-hybridized carbons (Fsp3) is 0.500. The summed E-state index contributed by atoms with van der Waals surface area (Å²) in [4.78, 5) is 28.5. The summed E-state index contributed by atoms with van der Waals surface area (Å²) in [6, 6.07) is 7.45. The molecule has 2 amide bonds. The number of nitrogens with one attached hydrogen (secondary N) is 2. The standard InChI is InChI=1S/C18H26N4O2/c1-4-6-11-19-17(24)12-22-15-10-8-7-9-14(15)21-18(22)13(3)20-16(23)5-2/h7-10,13H,4-6,11-12H2,1-3H3,(H,19,24)(H,20,23).